The van der Waals surface area contributed by atoms with Gasteiger partial charge in [0.25, 0.3) is 0 Å². The van der Waals surface area contributed by atoms with E-state index in [0.717, 1.165) is 43.4 Å². The van der Waals surface area contributed by atoms with Gasteiger partial charge in [-0.05, 0) is 49.4 Å². The molecule has 2 N–H and O–H groups in total. The lowest BCUT2D eigenvalue weighted by Crippen LogP contribution is -2.53. The van der Waals surface area contributed by atoms with E-state index in [9.17, 15) is 14.4 Å². The Morgan fingerprint density at radius 1 is 1.06 bits per heavy atom. The molecule has 2 aliphatic carbocycles. The number of aliphatic carboxylic acids is 1. The quantitative estimate of drug-likeness (QED) is 0.596. The summed E-state index contributed by atoms with van der Waals surface area (Å²) in [7, 11) is 1.59. The van der Waals surface area contributed by atoms with Gasteiger partial charge in [-0.1, -0.05) is 30.7 Å². The van der Waals surface area contributed by atoms with E-state index in [1.807, 2.05) is 52.3 Å². The molecule has 35 heavy (non-hydrogen) atoms. The molecule has 3 aliphatic rings. The van der Waals surface area contributed by atoms with Crippen LogP contribution in [-0.4, -0.2) is 47.1 Å². The molecule has 2 aromatic carbocycles. The van der Waals surface area contributed by atoms with Crippen molar-refractivity contribution in [3.8, 4) is 5.75 Å². The molecule has 0 saturated heterocycles. The third-order valence-electron chi connectivity index (χ3n) is 7.40. The summed E-state index contributed by atoms with van der Waals surface area (Å²) in [6, 6.07) is 14.9. The molecule has 0 bridgehead atoms. The number of rotatable bonds is 7. The van der Waals surface area contributed by atoms with Gasteiger partial charge in [0, 0.05) is 36.2 Å². The van der Waals surface area contributed by atoms with Gasteiger partial charge in [-0.25, -0.2) is 4.79 Å². The largest absolute Gasteiger partial charge is 0.497 e. The minimum atomic E-state index is -0.961. The van der Waals surface area contributed by atoms with Gasteiger partial charge in [0.05, 0.1) is 25.3 Å². The minimum absolute atomic E-state index is 0.00191. The predicted molar refractivity (Wildman–Crippen MR) is 132 cm³/mol. The number of hydrogen-bond acceptors (Lipinski definition) is 4. The first-order chi connectivity index (χ1) is 17.0. The highest BCUT2D eigenvalue weighted by molar-refractivity contribution is 6.03. The van der Waals surface area contributed by atoms with Crippen LogP contribution in [0.1, 0.15) is 56.6 Å². The molecule has 2 fully saturated rings. The number of urea groups is 1. The van der Waals surface area contributed by atoms with Crippen molar-refractivity contribution in [2.75, 3.05) is 17.3 Å². The summed E-state index contributed by atoms with van der Waals surface area (Å²) in [5, 5.41) is 12.2. The van der Waals surface area contributed by atoms with E-state index in [1.54, 1.807) is 13.2 Å². The SMILES string of the molecule is COc1cccc(NC(=O)N2c3ccccc3[C@H](N(C(=O)CCC(=O)O)C3CC3)[C@H]3CCC[C@H]32)c1. The lowest BCUT2D eigenvalue weighted by atomic mass is 9.81. The molecular formula is C27H31N3O5. The average molecular weight is 478 g/mol. The van der Waals surface area contributed by atoms with Gasteiger partial charge in [0.1, 0.15) is 5.75 Å². The number of carbonyl (C=O) groups excluding carboxylic acids is 2. The third kappa shape index (κ3) is 4.57. The summed E-state index contributed by atoms with van der Waals surface area (Å²) in [6.45, 7) is 0. The lowest BCUT2D eigenvalue weighted by molar-refractivity contribution is -0.142. The first-order valence-corrected chi connectivity index (χ1v) is 12.3. The number of nitrogens with one attached hydrogen (secondary N) is 1. The Labute approximate surface area is 204 Å². The second kappa shape index (κ2) is 9.60. The molecule has 8 heteroatoms. The number of anilines is 2. The molecule has 0 unspecified atom stereocenters. The Bertz CT molecular complexity index is 1130. The molecule has 2 saturated carbocycles. The van der Waals surface area contributed by atoms with Crippen LogP contribution in [0.5, 0.6) is 5.75 Å². The van der Waals surface area contributed by atoms with Crippen molar-refractivity contribution < 1.29 is 24.2 Å². The maximum atomic E-state index is 13.6. The number of carbonyl (C=O) groups is 3. The van der Waals surface area contributed by atoms with Crippen LogP contribution in [0.2, 0.25) is 0 Å². The zero-order chi connectivity index (χ0) is 24.5. The molecule has 1 aliphatic heterocycles. The smallest absolute Gasteiger partial charge is 0.326 e. The van der Waals surface area contributed by atoms with Crippen molar-refractivity contribution in [2.45, 2.75) is 63.1 Å². The Hall–Kier alpha value is -3.55. The Morgan fingerprint density at radius 2 is 1.86 bits per heavy atom. The standard InChI is InChI=1S/C27H31N3O5/c1-35-19-7-4-6-17(16-19)28-27(34)30-22-10-3-2-8-20(22)26(21-9-5-11-23(21)30)29(18-12-13-18)24(31)14-15-25(32)33/h2-4,6-8,10,16,18,21,23,26H,5,9,11-15H2,1H3,(H,28,34)(H,32,33)/t21-,23+,26-/m0/s1. The van der Waals surface area contributed by atoms with E-state index in [0.29, 0.717) is 11.4 Å². The number of para-hydroxylation sites is 1. The summed E-state index contributed by atoms with van der Waals surface area (Å²) >= 11 is 0. The molecule has 5 rings (SSSR count). The molecule has 8 nitrogen and oxygen atoms in total. The second-order valence-electron chi connectivity index (χ2n) is 9.62. The Balaban J connectivity index is 1.49. The van der Waals surface area contributed by atoms with Crippen molar-refractivity contribution in [1.29, 1.82) is 0 Å². The van der Waals surface area contributed by atoms with Gasteiger partial charge in [-0.15, -0.1) is 0 Å². The molecule has 1 heterocycles. The van der Waals surface area contributed by atoms with Crippen molar-refractivity contribution in [2.24, 2.45) is 5.92 Å². The highest BCUT2D eigenvalue weighted by Gasteiger charge is 2.51. The highest BCUT2D eigenvalue weighted by atomic mass is 16.5. The van der Waals surface area contributed by atoms with E-state index in [4.69, 9.17) is 9.84 Å². The van der Waals surface area contributed by atoms with Crippen LogP contribution in [-0.2, 0) is 9.59 Å². The van der Waals surface area contributed by atoms with Crippen molar-refractivity contribution in [3.63, 3.8) is 0 Å². The number of fused-ring (bicyclic) bond motifs is 2. The summed E-state index contributed by atoms with van der Waals surface area (Å²) < 4.78 is 5.29. The van der Waals surface area contributed by atoms with Crippen LogP contribution < -0.4 is 15.0 Å². The number of ether oxygens (including phenoxy) is 1. The summed E-state index contributed by atoms with van der Waals surface area (Å²) in [4.78, 5) is 41.9. The van der Waals surface area contributed by atoms with E-state index < -0.39 is 5.97 Å². The predicted octanol–water partition coefficient (Wildman–Crippen LogP) is 4.81. The lowest BCUT2D eigenvalue weighted by Gasteiger charge is -2.47. The summed E-state index contributed by atoms with van der Waals surface area (Å²) in [5.41, 5.74) is 2.44. The van der Waals surface area contributed by atoms with E-state index >= 15 is 0 Å². The number of carboxylic acid groups (broad SMARTS) is 1. The van der Waals surface area contributed by atoms with Crippen molar-refractivity contribution in [1.82, 2.24) is 4.90 Å². The normalized spacial score (nSPS) is 22.7. The molecule has 0 radical (unpaired) electrons. The van der Waals surface area contributed by atoms with Crippen molar-refractivity contribution >= 4 is 29.3 Å². The summed E-state index contributed by atoms with van der Waals surface area (Å²) in [6.07, 6.45) is 4.47. The van der Waals surface area contributed by atoms with Gasteiger partial charge < -0.3 is 20.1 Å². The number of amides is 3. The fourth-order valence-corrected chi connectivity index (χ4v) is 5.81. The monoisotopic (exact) mass is 477 g/mol. The maximum Gasteiger partial charge on any atom is 0.326 e. The molecule has 184 valence electrons. The van der Waals surface area contributed by atoms with Crippen LogP contribution in [0, 0.1) is 5.92 Å². The molecule has 0 spiro atoms. The fourth-order valence-electron chi connectivity index (χ4n) is 5.81. The van der Waals surface area contributed by atoms with E-state index in [1.165, 1.54) is 0 Å². The number of nitrogens with zero attached hydrogens (tertiary/aromatic N) is 2. The van der Waals surface area contributed by atoms with Crippen molar-refractivity contribution in [3.05, 3.63) is 54.1 Å². The van der Waals surface area contributed by atoms with Crippen LogP contribution in [0.15, 0.2) is 48.5 Å². The van der Waals surface area contributed by atoms with Gasteiger partial charge in [-0.2, -0.15) is 0 Å². The van der Waals surface area contributed by atoms with Gasteiger partial charge in [0.2, 0.25) is 5.91 Å². The molecular weight excluding hydrogens is 446 g/mol. The first-order valence-electron chi connectivity index (χ1n) is 12.3. The molecule has 3 amide bonds. The zero-order valence-corrected chi connectivity index (χ0v) is 19.9. The third-order valence-corrected chi connectivity index (χ3v) is 7.40. The first kappa shape index (κ1) is 23.2. The Kier molecular flexibility index (Phi) is 6.36. The Morgan fingerprint density at radius 3 is 2.60 bits per heavy atom. The van der Waals surface area contributed by atoms with Gasteiger partial charge in [-0.3, -0.25) is 14.5 Å². The molecule has 3 atom stereocenters. The zero-order valence-electron chi connectivity index (χ0n) is 19.9. The van der Waals surface area contributed by atoms with E-state index in [-0.39, 0.29) is 48.8 Å². The number of methoxy groups -OCH3 is 1. The molecule has 0 aromatic heterocycles. The minimum Gasteiger partial charge on any atom is -0.497 e. The maximum absolute atomic E-state index is 13.6. The van der Waals surface area contributed by atoms with Crippen LogP contribution in [0.3, 0.4) is 0 Å². The second-order valence-corrected chi connectivity index (χ2v) is 9.62. The highest BCUT2D eigenvalue weighted by Crippen LogP contribution is 2.52. The summed E-state index contributed by atoms with van der Waals surface area (Å²) in [5.74, 6) is -0.289. The van der Waals surface area contributed by atoms with Crippen LogP contribution in [0.4, 0.5) is 16.2 Å². The molecule has 2 aromatic rings. The topological polar surface area (TPSA) is 99.2 Å². The average Bonchev–Trinajstić information content (AvgIpc) is 3.58. The number of carboxylic acids is 1. The number of hydrogen-bond donors (Lipinski definition) is 2. The van der Waals surface area contributed by atoms with E-state index in [2.05, 4.69) is 5.32 Å². The van der Waals surface area contributed by atoms with Crippen LogP contribution in [0.25, 0.3) is 0 Å². The van der Waals surface area contributed by atoms with Gasteiger partial charge in [0.15, 0.2) is 0 Å². The number of benzene rings is 2. The fraction of sp³-hybridized carbons (Fsp3) is 0.444. The van der Waals surface area contributed by atoms with Gasteiger partial charge >= 0.3 is 12.0 Å². The van der Waals surface area contributed by atoms with Crippen LogP contribution >= 0.6 is 0 Å².